The molecule has 0 atom stereocenters. The highest BCUT2D eigenvalue weighted by atomic mass is 35.5. The van der Waals surface area contributed by atoms with Gasteiger partial charge in [0.2, 0.25) is 0 Å². The second-order valence-corrected chi connectivity index (χ2v) is 3.52. The highest BCUT2D eigenvalue weighted by molar-refractivity contribution is 6.33. The van der Waals surface area contributed by atoms with Crippen molar-refractivity contribution >= 4 is 23.2 Å². The van der Waals surface area contributed by atoms with E-state index in [4.69, 9.17) is 11.6 Å². The largest absolute Gasteiger partial charge is 0.322 e. The lowest BCUT2D eigenvalue weighted by molar-refractivity contribution is 0.102. The van der Waals surface area contributed by atoms with E-state index in [2.05, 4.69) is 15.4 Å². The summed E-state index contributed by atoms with van der Waals surface area (Å²) in [7, 11) is 1.67. The van der Waals surface area contributed by atoms with Crippen molar-refractivity contribution in [3.05, 3.63) is 41.4 Å². The Bertz CT molecular complexity index is 509. The lowest BCUT2D eigenvalue weighted by atomic mass is 10.3. The number of aromatic nitrogens is 3. The van der Waals surface area contributed by atoms with Crippen LogP contribution in [0.2, 0.25) is 5.15 Å². The maximum atomic E-state index is 11.8. The minimum absolute atomic E-state index is 0.288. The maximum absolute atomic E-state index is 11.8. The van der Waals surface area contributed by atoms with Gasteiger partial charge in [0.25, 0.3) is 5.91 Å². The fourth-order valence-electron chi connectivity index (χ4n) is 1.21. The van der Waals surface area contributed by atoms with Gasteiger partial charge in [0.05, 0.1) is 11.8 Å². The van der Waals surface area contributed by atoms with Gasteiger partial charge in [0.1, 0.15) is 5.15 Å². The smallest absolute Gasteiger partial charge is 0.260 e. The van der Waals surface area contributed by atoms with Gasteiger partial charge >= 0.3 is 0 Å². The number of carbonyl (C=O) groups is 1. The molecule has 16 heavy (non-hydrogen) atoms. The first kappa shape index (κ1) is 10.6. The molecule has 0 aliphatic carbocycles. The molecule has 1 N–H and O–H groups in total. The van der Waals surface area contributed by atoms with Crippen LogP contribution in [-0.4, -0.2) is 20.7 Å². The molecule has 0 spiro atoms. The minimum Gasteiger partial charge on any atom is -0.322 e. The Morgan fingerprint density at radius 1 is 1.44 bits per heavy atom. The molecule has 0 unspecified atom stereocenters. The molecular formula is C10H9ClN4O. The summed E-state index contributed by atoms with van der Waals surface area (Å²) >= 11 is 5.90. The van der Waals surface area contributed by atoms with Gasteiger partial charge in [0, 0.05) is 25.1 Å². The van der Waals surface area contributed by atoms with Crippen LogP contribution < -0.4 is 5.32 Å². The van der Waals surface area contributed by atoms with E-state index >= 15 is 0 Å². The SMILES string of the molecule is Cn1ncc(C(=O)Nc2ccncc2)c1Cl. The Hall–Kier alpha value is -1.88. The lowest BCUT2D eigenvalue weighted by Crippen LogP contribution is -2.11. The van der Waals surface area contributed by atoms with E-state index in [9.17, 15) is 4.79 Å². The standard InChI is InChI=1S/C10H9ClN4O/c1-15-9(11)8(6-13-15)10(16)14-7-2-4-12-5-3-7/h2-6H,1H3,(H,12,14,16). The average Bonchev–Trinajstić information content (AvgIpc) is 2.61. The summed E-state index contributed by atoms with van der Waals surface area (Å²) in [6.07, 6.45) is 4.62. The molecule has 82 valence electrons. The van der Waals surface area contributed by atoms with E-state index in [0.29, 0.717) is 16.4 Å². The van der Waals surface area contributed by atoms with Crippen LogP contribution in [-0.2, 0) is 7.05 Å². The number of rotatable bonds is 2. The molecule has 6 heteroatoms. The first-order valence-electron chi connectivity index (χ1n) is 4.57. The molecule has 2 aromatic rings. The average molecular weight is 237 g/mol. The quantitative estimate of drug-likeness (QED) is 0.864. The second kappa shape index (κ2) is 4.32. The van der Waals surface area contributed by atoms with Crippen molar-refractivity contribution in [1.82, 2.24) is 14.8 Å². The molecular weight excluding hydrogens is 228 g/mol. The zero-order chi connectivity index (χ0) is 11.5. The van der Waals surface area contributed by atoms with Gasteiger partial charge in [-0.15, -0.1) is 0 Å². The molecule has 0 fully saturated rings. The van der Waals surface area contributed by atoms with Crippen LogP contribution in [0.3, 0.4) is 0 Å². The summed E-state index contributed by atoms with van der Waals surface area (Å²) in [6.45, 7) is 0. The number of hydrogen-bond donors (Lipinski definition) is 1. The number of hydrogen-bond acceptors (Lipinski definition) is 3. The van der Waals surface area contributed by atoms with Gasteiger partial charge in [-0.3, -0.25) is 14.5 Å². The number of nitrogens with zero attached hydrogens (tertiary/aromatic N) is 3. The van der Waals surface area contributed by atoms with Gasteiger partial charge in [-0.05, 0) is 12.1 Å². The summed E-state index contributed by atoms with van der Waals surface area (Å²) in [5.41, 5.74) is 1.01. The molecule has 0 saturated heterocycles. The normalized spacial score (nSPS) is 10.1. The number of anilines is 1. The summed E-state index contributed by atoms with van der Waals surface area (Å²) < 4.78 is 1.43. The number of halogens is 1. The van der Waals surface area contributed by atoms with E-state index in [1.807, 2.05) is 0 Å². The zero-order valence-corrected chi connectivity index (χ0v) is 9.27. The third-order valence-corrected chi connectivity index (χ3v) is 2.50. The molecule has 0 aliphatic heterocycles. The Balaban J connectivity index is 2.18. The van der Waals surface area contributed by atoms with Crippen LogP contribution in [0.15, 0.2) is 30.7 Å². The summed E-state index contributed by atoms with van der Waals surface area (Å²) in [5, 5.41) is 6.90. The van der Waals surface area contributed by atoms with Crippen LogP contribution >= 0.6 is 11.6 Å². The number of nitrogens with one attached hydrogen (secondary N) is 1. The van der Waals surface area contributed by atoms with Crippen molar-refractivity contribution in [3.8, 4) is 0 Å². The first-order valence-corrected chi connectivity index (χ1v) is 4.95. The zero-order valence-electron chi connectivity index (χ0n) is 8.51. The third-order valence-electron chi connectivity index (χ3n) is 2.05. The molecule has 1 amide bonds. The number of amides is 1. The molecule has 2 heterocycles. The van der Waals surface area contributed by atoms with Gasteiger partial charge in [-0.25, -0.2) is 0 Å². The molecule has 0 saturated carbocycles. The number of aryl methyl sites for hydroxylation is 1. The molecule has 2 rings (SSSR count). The Kier molecular flexibility index (Phi) is 2.87. The van der Waals surface area contributed by atoms with Crippen LogP contribution in [0.5, 0.6) is 0 Å². The maximum Gasteiger partial charge on any atom is 0.260 e. The predicted molar refractivity (Wildman–Crippen MR) is 60.4 cm³/mol. The number of pyridine rings is 1. The minimum atomic E-state index is -0.288. The summed E-state index contributed by atoms with van der Waals surface area (Å²) in [4.78, 5) is 15.6. The van der Waals surface area contributed by atoms with E-state index < -0.39 is 0 Å². The van der Waals surface area contributed by atoms with Crippen molar-refractivity contribution in [2.75, 3.05) is 5.32 Å². The highest BCUT2D eigenvalue weighted by Crippen LogP contribution is 2.15. The predicted octanol–water partition coefficient (Wildman–Crippen LogP) is 1.72. The first-order chi connectivity index (χ1) is 7.68. The summed E-state index contributed by atoms with van der Waals surface area (Å²) in [5.74, 6) is -0.288. The van der Waals surface area contributed by atoms with Crippen LogP contribution in [0.1, 0.15) is 10.4 Å². The Morgan fingerprint density at radius 3 is 2.69 bits per heavy atom. The third kappa shape index (κ3) is 2.04. The van der Waals surface area contributed by atoms with Crippen molar-refractivity contribution in [2.45, 2.75) is 0 Å². The van der Waals surface area contributed by atoms with Crippen molar-refractivity contribution < 1.29 is 4.79 Å². The van der Waals surface area contributed by atoms with Crippen molar-refractivity contribution in [2.24, 2.45) is 7.05 Å². The van der Waals surface area contributed by atoms with Gasteiger partial charge < -0.3 is 5.32 Å². The monoisotopic (exact) mass is 236 g/mol. The molecule has 0 bridgehead atoms. The van der Waals surface area contributed by atoms with Gasteiger partial charge in [-0.2, -0.15) is 5.10 Å². The summed E-state index contributed by atoms with van der Waals surface area (Å²) in [6, 6.07) is 3.39. The van der Waals surface area contributed by atoms with Crippen molar-refractivity contribution in [1.29, 1.82) is 0 Å². The molecule has 0 radical (unpaired) electrons. The lowest BCUT2D eigenvalue weighted by Gasteiger charge is -2.02. The fraction of sp³-hybridized carbons (Fsp3) is 0.100. The fourth-order valence-corrected chi connectivity index (χ4v) is 1.39. The van der Waals surface area contributed by atoms with Crippen molar-refractivity contribution in [3.63, 3.8) is 0 Å². The molecule has 0 aliphatic rings. The molecule has 5 nitrogen and oxygen atoms in total. The van der Waals surface area contributed by atoms with Crippen LogP contribution in [0.25, 0.3) is 0 Å². The number of carbonyl (C=O) groups excluding carboxylic acids is 1. The second-order valence-electron chi connectivity index (χ2n) is 3.16. The van der Waals surface area contributed by atoms with E-state index in [-0.39, 0.29) is 5.91 Å². The van der Waals surface area contributed by atoms with E-state index in [1.165, 1.54) is 10.9 Å². The molecule has 2 aromatic heterocycles. The topological polar surface area (TPSA) is 59.8 Å². The Labute approximate surface area is 97.1 Å². The van der Waals surface area contributed by atoms with Crippen LogP contribution in [0.4, 0.5) is 5.69 Å². The van der Waals surface area contributed by atoms with Gasteiger partial charge in [0.15, 0.2) is 0 Å². The van der Waals surface area contributed by atoms with E-state index in [1.54, 1.807) is 31.6 Å². The molecule has 0 aromatic carbocycles. The Morgan fingerprint density at radius 2 is 2.12 bits per heavy atom. The highest BCUT2D eigenvalue weighted by Gasteiger charge is 2.14. The van der Waals surface area contributed by atoms with Crippen LogP contribution in [0, 0.1) is 0 Å². The van der Waals surface area contributed by atoms with Gasteiger partial charge in [-0.1, -0.05) is 11.6 Å². The van der Waals surface area contributed by atoms with E-state index in [0.717, 1.165) is 0 Å².